The molecule has 4 heteroatoms. The van der Waals surface area contributed by atoms with Crippen LogP contribution in [0.5, 0.6) is 0 Å². The molecule has 1 N–H and O–H groups in total. The molecule has 0 unspecified atom stereocenters. The van der Waals surface area contributed by atoms with Gasteiger partial charge in [0.1, 0.15) is 5.52 Å². The molecule has 2 aromatic heterocycles. The van der Waals surface area contributed by atoms with Gasteiger partial charge >= 0.3 is 0 Å². The summed E-state index contributed by atoms with van der Waals surface area (Å²) in [6.45, 7) is 4.18. The SMILES string of the molecule is CCC[C@H](NC)c1cnc(C)c2ccnnc12. The minimum absolute atomic E-state index is 0.298. The molecule has 0 amide bonds. The third-order valence-corrected chi connectivity index (χ3v) is 3.08. The van der Waals surface area contributed by atoms with Crippen LogP contribution in [0.15, 0.2) is 18.5 Å². The Morgan fingerprint density at radius 2 is 2.24 bits per heavy atom. The molecule has 0 aromatic carbocycles. The van der Waals surface area contributed by atoms with Crippen LogP contribution in [0.3, 0.4) is 0 Å². The Morgan fingerprint density at radius 1 is 1.41 bits per heavy atom. The first kappa shape index (κ1) is 11.9. The lowest BCUT2D eigenvalue weighted by atomic mass is 10.0. The van der Waals surface area contributed by atoms with Gasteiger partial charge in [0.25, 0.3) is 0 Å². The molecule has 2 heterocycles. The fourth-order valence-corrected chi connectivity index (χ4v) is 2.13. The van der Waals surface area contributed by atoms with E-state index < -0.39 is 0 Å². The fraction of sp³-hybridized carbons (Fsp3) is 0.462. The molecule has 0 aliphatic carbocycles. The topological polar surface area (TPSA) is 50.7 Å². The van der Waals surface area contributed by atoms with Gasteiger partial charge in [-0.2, -0.15) is 10.2 Å². The number of aryl methyl sites for hydroxylation is 1. The lowest BCUT2D eigenvalue weighted by Gasteiger charge is -2.17. The standard InChI is InChI=1S/C13H18N4/c1-4-5-12(14-3)11-8-15-9(2)10-6-7-16-17-13(10)11/h6-8,12,14H,4-5H2,1-3H3/t12-/m0/s1. The molecule has 0 bridgehead atoms. The number of aromatic nitrogens is 3. The molecule has 0 fully saturated rings. The highest BCUT2D eigenvalue weighted by Crippen LogP contribution is 2.25. The van der Waals surface area contributed by atoms with Gasteiger partial charge < -0.3 is 5.32 Å². The molecule has 0 spiro atoms. The van der Waals surface area contributed by atoms with Crippen molar-refractivity contribution in [3.8, 4) is 0 Å². The van der Waals surface area contributed by atoms with Crippen molar-refractivity contribution in [3.63, 3.8) is 0 Å². The van der Waals surface area contributed by atoms with E-state index in [0.717, 1.165) is 35.0 Å². The zero-order valence-corrected chi connectivity index (χ0v) is 10.6. The van der Waals surface area contributed by atoms with Gasteiger partial charge in [0.15, 0.2) is 0 Å². The van der Waals surface area contributed by atoms with Gasteiger partial charge in [-0.3, -0.25) is 4.98 Å². The van der Waals surface area contributed by atoms with E-state index in [0.29, 0.717) is 6.04 Å². The van der Waals surface area contributed by atoms with Crippen molar-refractivity contribution >= 4 is 10.9 Å². The first-order chi connectivity index (χ1) is 8.27. The maximum atomic E-state index is 4.45. The largest absolute Gasteiger partial charge is 0.313 e. The number of nitrogens with zero attached hydrogens (tertiary/aromatic N) is 3. The van der Waals surface area contributed by atoms with Gasteiger partial charge in [-0.25, -0.2) is 0 Å². The summed E-state index contributed by atoms with van der Waals surface area (Å²) in [5.74, 6) is 0. The highest BCUT2D eigenvalue weighted by atomic mass is 15.1. The molecular formula is C13H18N4. The Kier molecular flexibility index (Phi) is 3.64. The second-order valence-electron chi connectivity index (χ2n) is 4.22. The zero-order chi connectivity index (χ0) is 12.3. The van der Waals surface area contributed by atoms with E-state index in [1.54, 1.807) is 6.20 Å². The van der Waals surface area contributed by atoms with E-state index >= 15 is 0 Å². The smallest absolute Gasteiger partial charge is 0.101 e. The molecular weight excluding hydrogens is 212 g/mol. The lowest BCUT2D eigenvalue weighted by Crippen LogP contribution is -2.17. The van der Waals surface area contributed by atoms with Gasteiger partial charge in [0.05, 0.1) is 6.20 Å². The van der Waals surface area contributed by atoms with Crippen molar-refractivity contribution in [2.45, 2.75) is 32.7 Å². The quantitative estimate of drug-likeness (QED) is 0.876. The lowest BCUT2D eigenvalue weighted by molar-refractivity contribution is 0.542. The molecule has 2 aromatic rings. The second kappa shape index (κ2) is 5.19. The maximum absolute atomic E-state index is 4.45. The van der Waals surface area contributed by atoms with Gasteiger partial charge in [0, 0.05) is 28.9 Å². The first-order valence-corrected chi connectivity index (χ1v) is 6.02. The van der Waals surface area contributed by atoms with Crippen molar-refractivity contribution in [2.75, 3.05) is 7.05 Å². The number of rotatable bonds is 4. The van der Waals surface area contributed by atoms with Crippen LogP contribution in [0, 0.1) is 6.92 Å². The molecule has 0 saturated carbocycles. The minimum atomic E-state index is 0.298. The van der Waals surface area contributed by atoms with Crippen molar-refractivity contribution in [2.24, 2.45) is 0 Å². The fourth-order valence-electron chi connectivity index (χ4n) is 2.13. The van der Waals surface area contributed by atoms with Crippen LogP contribution < -0.4 is 5.32 Å². The minimum Gasteiger partial charge on any atom is -0.313 e. The Labute approximate surface area is 101 Å². The summed E-state index contributed by atoms with van der Waals surface area (Å²) in [6.07, 6.45) is 5.84. The van der Waals surface area contributed by atoms with Crippen molar-refractivity contribution in [3.05, 3.63) is 29.7 Å². The Bertz CT molecular complexity index is 510. The number of hydrogen-bond donors (Lipinski definition) is 1. The predicted molar refractivity (Wildman–Crippen MR) is 68.8 cm³/mol. The van der Waals surface area contributed by atoms with Gasteiger partial charge in [-0.15, -0.1) is 0 Å². The van der Waals surface area contributed by atoms with Crippen LogP contribution in [0.4, 0.5) is 0 Å². The summed E-state index contributed by atoms with van der Waals surface area (Å²) in [7, 11) is 1.97. The Morgan fingerprint density at radius 3 is 2.94 bits per heavy atom. The zero-order valence-electron chi connectivity index (χ0n) is 10.6. The van der Waals surface area contributed by atoms with E-state index in [2.05, 4.69) is 27.4 Å². The Hall–Kier alpha value is -1.55. The molecule has 0 aliphatic heterocycles. The second-order valence-corrected chi connectivity index (χ2v) is 4.22. The molecule has 17 heavy (non-hydrogen) atoms. The van der Waals surface area contributed by atoms with Crippen LogP contribution in [-0.2, 0) is 0 Å². The monoisotopic (exact) mass is 230 g/mol. The van der Waals surface area contributed by atoms with Crippen LogP contribution in [0.1, 0.15) is 37.1 Å². The predicted octanol–water partition coefficient (Wildman–Crippen LogP) is 2.39. The van der Waals surface area contributed by atoms with Crippen molar-refractivity contribution < 1.29 is 0 Å². The number of nitrogens with one attached hydrogen (secondary N) is 1. The van der Waals surface area contributed by atoms with E-state index in [1.165, 1.54) is 0 Å². The van der Waals surface area contributed by atoms with Crippen LogP contribution in [0.2, 0.25) is 0 Å². The average molecular weight is 230 g/mol. The van der Waals surface area contributed by atoms with Gasteiger partial charge in [-0.1, -0.05) is 13.3 Å². The first-order valence-electron chi connectivity index (χ1n) is 6.02. The third-order valence-electron chi connectivity index (χ3n) is 3.08. The number of pyridine rings is 1. The third kappa shape index (κ3) is 2.26. The Balaban J connectivity index is 2.57. The average Bonchev–Trinajstić information content (AvgIpc) is 2.37. The molecule has 4 nitrogen and oxygen atoms in total. The van der Waals surface area contributed by atoms with E-state index in [9.17, 15) is 0 Å². The van der Waals surface area contributed by atoms with Crippen LogP contribution in [-0.4, -0.2) is 22.2 Å². The number of fused-ring (bicyclic) bond motifs is 1. The molecule has 0 saturated heterocycles. The summed E-state index contributed by atoms with van der Waals surface area (Å²) in [6, 6.07) is 2.28. The van der Waals surface area contributed by atoms with Crippen LogP contribution >= 0.6 is 0 Å². The summed E-state index contributed by atoms with van der Waals surface area (Å²) >= 11 is 0. The summed E-state index contributed by atoms with van der Waals surface area (Å²) in [4.78, 5) is 4.45. The molecule has 2 rings (SSSR count). The molecule has 0 aliphatic rings. The summed E-state index contributed by atoms with van der Waals surface area (Å²) in [5, 5.41) is 12.7. The highest BCUT2D eigenvalue weighted by molar-refractivity contribution is 5.83. The van der Waals surface area contributed by atoms with Gasteiger partial charge in [-0.05, 0) is 26.5 Å². The molecule has 1 atom stereocenters. The maximum Gasteiger partial charge on any atom is 0.101 e. The summed E-state index contributed by atoms with van der Waals surface area (Å²) < 4.78 is 0. The van der Waals surface area contributed by atoms with E-state index in [4.69, 9.17) is 0 Å². The molecule has 90 valence electrons. The van der Waals surface area contributed by atoms with Crippen molar-refractivity contribution in [1.82, 2.24) is 20.5 Å². The van der Waals surface area contributed by atoms with Gasteiger partial charge in [0.2, 0.25) is 0 Å². The van der Waals surface area contributed by atoms with Crippen LogP contribution in [0.25, 0.3) is 10.9 Å². The highest BCUT2D eigenvalue weighted by Gasteiger charge is 2.14. The normalized spacial score (nSPS) is 12.9. The summed E-state index contributed by atoms with van der Waals surface area (Å²) in [5.41, 5.74) is 3.11. The van der Waals surface area contributed by atoms with E-state index in [-0.39, 0.29) is 0 Å². The van der Waals surface area contributed by atoms with Crippen molar-refractivity contribution in [1.29, 1.82) is 0 Å². The number of hydrogen-bond acceptors (Lipinski definition) is 4. The van der Waals surface area contributed by atoms with E-state index in [1.807, 2.05) is 26.2 Å². The molecule has 0 radical (unpaired) electrons.